The SMILES string of the molecule is FC(F)(F)C1=[C-]CC=C1.[CH2-]c1ccccc1.[CH2-]c1ccccc1.[CH2-]c1ccccc1.[Zr+4]. The molecule has 0 aromatic heterocycles. The molecule has 0 heterocycles. The van der Waals surface area contributed by atoms with Gasteiger partial charge in [-0.2, -0.15) is 93.1 Å². The average molecular weight is 498 g/mol. The van der Waals surface area contributed by atoms with E-state index in [1.165, 1.54) is 6.08 Å². The van der Waals surface area contributed by atoms with Crippen LogP contribution < -0.4 is 0 Å². The second kappa shape index (κ2) is 16.2. The van der Waals surface area contributed by atoms with Crippen molar-refractivity contribution in [2.45, 2.75) is 12.6 Å². The maximum absolute atomic E-state index is 11.6. The molecule has 0 amide bonds. The van der Waals surface area contributed by atoms with Gasteiger partial charge in [0, 0.05) is 0 Å². The fourth-order valence-corrected chi connectivity index (χ4v) is 2.03. The van der Waals surface area contributed by atoms with Gasteiger partial charge in [-0.25, -0.2) is 6.08 Å². The minimum Gasteiger partial charge on any atom is -0.261 e. The zero-order valence-corrected chi connectivity index (χ0v) is 19.7. The number of allylic oxidation sites excluding steroid dienone is 4. The van der Waals surface area contributed by atoms with Crippen LogP contribution in [-0.4, -0.2) is 6.18 Å². The molecule has 0 radical (unpaired) electrons. The minimum absolute atomic E-state index is 0. The van der Waals surface area contributed by atoms with Crippen molar-refractivity contribution in [3.8, 4) is 0 Å². The van der Waals surface area contributed by atoms with Gasteiger partial charge in [-0.15, -0.1) is 48.4 Å². The van der Waals surface area contributed by atoms with E-state index in [0.29, 0.717) is 0 Å². The van der Waals surface area contributed by atoms with Crippen molar-refractivity contribution >= 4 is 0 Å². The summed E-state index contributed by atoms with van der Waals surface area (Å²) in [5.41, 5.74) is 2.56. The van der Waals surface area contributed by atoms with Crippen LogP contribution in [0, 0.1) is 26.8 Å². The summed E-state index contributed by atoms with van der Waals surface area (Å²) in [6.45, 7) is 11.2. The van der Waals surface area contributed by atoms with E-state index in [1.807, 2.05) is 91.0 Å². The largest absolute Gasteiger partial charge is 4.00 e. The van der Waals surface area contributed by atoms with E-state index in [-0.39, 0.29) is 32.6 Å². The monoisotopic (exact) mass is 496 g/mol. The van der Waals surface area contributed by atoms with Gasteiger partial charge < -0.3 is 0 Å². The topological polar surface area (TPSA) is 0 Å². The van der Waals surface area contributed by atoms with Gasteiger partial charge in [-0.3, -0.25) is 6.08 Å². The van der Waals surface area contributed by atoms with E-state index in [0.717, 1.165) is 22.8 Å². The molecular formula is C27H25F3Zr. The molecule has 0 aliphatic heterocycles. The van der Waals surface area contributed by atoms with Crippen molar-refractivity contribution in [1.82, 2.24) is 0 Å². The Morgan fingerprint density at radius 3 is 1.06 bits per heavy atom. The average Bonchev–Trinajstić information content (AvgIpc) is 3.27. The van der Waals surface area contributed by atoms with Gasteiger partial charge in [0.25, 0.3) is 0 Å². The van der Waals surface area contributed by atoms with Gasteiger partial charge in [0.15, 0.2) is 0 Å². The van der Waals surface area contributed by atoms with Crippen LogP contribution in [0.1, 0.15) is 23.1 Å². The smallest absolute Gasteiger partial charge is 0.261 e. The fraction of sp³-hybridized carbons (Fsp3) is 0.0741. The Kier molecular flexibility index (Phi) is 14.8. The van der Waals surface area contributed by atoms with Gasteiger partial charge in [-0.05, 0) is 0 Å². The predicted molar refractivity (Wildman–Crippen MR) is 119 cm³/mol. The van der Waals surface area contributed by atoms with Gasteiger partial charge in [0.2, 0.25) is 0 Å². The van der Waals surface area contributed by atoms with Crippen LogP contribution in [0.15, 0.2) is 109 Å². The van der Waals surface area contributed by atoms with Crippen molar-refractivity contribution in [2.24, 2.45) is 0 Å². The molecule has 0 nitrogen and oxygen atoms in total. The van der Waals surface area contributed by atoms with Crippen molar-refractivity contribution in [2.75, 3.05) is 0 Å². The second-order valence-electron chi connectivity index (χ2n) is 6.15. The third-order valence-corrected chi connectivity index (χ3v) is 3.53. The fourth-order valence-electron chi connectivity index (χ4n) is 2.03. The van der Waals surface area contributed by atoms with E-state index in [2.05, 4.69) is 26.8 Å². The summed E-state index contributed by atoms with van der Waals surface area (Å²) in [6.07, 6.45) is 0.737. The molecule has 1 aliphatic carbocycles. The van der Waals surface area contributed by atoms with E-state index in [1.54, 1.807) is 0 Å². The van der Waals surface area contributed by atoms with E-state index in [9.17, 15) is 13.2 Å². The van der Waals surface area contributed by atoms with Crippen LogP contribution in [0.25, 0.3) is 0 Å². The zero-order valence-electron chi connectivity index (χ0n) is 17.3. The summed E-state index contributed by atoms with van der Waals surface area (Å²) in [6, 6.07) is 29.6. The molecule has 3 aromatic carbocycles. The Morgan fingerprint density at radius 2 is 0.935 bits per heavy atom. The molecule has 0 spiro atoms. The van der Waals surface area contributed by atoms with Crippen LogP contribution in [0.2, 0.25) is 0 Å². The summed E-state index contributed by atoms with van der Waals surface area (Å²) in [5, 5.41) is 0. The molecule has 4 heteroatoms. The molecule has 31 heavy (non-hydrogen) atoms. The first-order valence-corrected chi connectivity index (χ1v) is 9.24. The van der Waals surface area contributed by atoms with Crippen LogP contribution >= 0.6 is 0 Å². The predicted octanol–water partition coefficient (Wildman–Crippen LogP) is 7.84. The third kappa shape index (κ3) is 15.0. The number of hydrogen-bond donors (Lipinski definition) is 0. The molecule has 0 N–H and O–H groups in total. The normalized spacial score (nSPS) is 11.1. The molecule has 3 aromatic rings. The van der Waals surface area contributed by atoms with E-state index >= 15 is 0 Å². The molecule has 0 saturated heterocycles. The van der Waals surface area contributed by atoms with Crippen molar-refractivity contribution in [3.05, 3.63) is 152 Å². The molecule has 1 aliphatic rings. The molecule has 0 fully saturated rings. The van der Waals surface area contributed by atoms with Crippen molar-refractivity contribution in [1.29, 1.82) is 0 Å². The maximum atomic E-state index is 11.6. The first-order valence-electron chi connectivity index (χ1n) is 9.24. The van der Waals surface area contributed by atoms with E-state index in [4.69, 9.17) is 0 Å². The molecule has 0 unspecified atom stereocenters. The zero-order chi connectivity index (χ0) is 22.2. The number of halogens is 3. The van der Waals surface area contributed by atoms with Crippen LogP contribution in [0.5, 0.6) is 0 Å². The number of benzene rings is 3. The summed E-state index contributed by atoms with van der Waals surface area (Å²) in [4.78, 5) is 0. The Labute approximate surface area is 203 Å². The Hall–Kier alpha value is -2.58. The Morgan fingerprint density at radius 1 is 0.613 bits per heavy atom. The van der Waals surface area contributed by atoms with Crippen LogP contribution in [-0.2, 0) is 26.2 Å². The van der Waals surface area contributed by atoms with Crippen molar-refractivity contribution < 1.29 is 39.4 Å². The van der Waals surface area contributed by atoms with Gasteiger partial charge in [0.1, 0.15) is 0 Å². The molecule has 4 rings (SSSR count). The summed E-state index contributed by atoms with van der Waals surface area (Å²) >= 11 is 0. The Bertz CT molecular complexity index is 779. The van der Waals surface area contributed by atoms with Gasteiger partial charge in [0.05, 0.1) is 0 Å². The Balaban J connectivity index is 0.000000385. The number of alkyl halides is 3. The first kappa shape index (κ1) is 28.4. The quantitative estimate of drug-likeness (QED) is 0.278. The van der Waals surface area contributed by atoms with Crippen LogP contribution in [0.3, 0.4) is 0 Å². The summed E-state index contributed by atoms with van der Waals surface area (Å²) < 4.78 is 34.8. The minimum atomic E-state index is -4.20. The second-order valence-corrected chi connectivity index (χ2v) is 6.15. The molecule has 158 valence electrons. The standard InChI is InChI=1S/3C7H7.C6H4F3.Zr/c3*1-7-5-3-2-4-6-7;7-6(8,9)5-3-1-2-4-5;/h3*2-6H,1H2;1,3H,2H2;/q4*-1;+4. The molecular weight excluding hydrogens is 473 g/mol. The summed E-state index contributed by atoms with van der Waals surface area (Å²) in [5.74, 6) is 0. The first-order chi connectivity index (χ1) is 14.3. The molecule has 0 atom stereocenters. The van der Waals surface area contributed by atoms with Crippen LogP contribution in [0.4, 0.5) is 13.2 Å². The van der Waals surface area contributed by atoms with Gasteiger partial charge >= 0.3 is 32.4 Å². The molecule has 0 saturated carbocycles. The number of rotatable bonds is 0. The van der Waals surface area contributed by atoms with Crippen molar-refractivity contribution in [3.63, 3.8) is 0 Å². The third-order valence-electron chi connectivity index (χ3n) is 3.53. The summed E-state index contributed by atoms with van der Waals surface area (Å²) in [7, 11) is 0. The molecule has 0 bridgehead atoms. The maximum Gasteiger partial charge on any atom is 4.00 e. The van der Waals surface area contributed by atoms with E-state index < -0.39 is 11.7 Å². The van der Waals surface area contributed by atoms with Gasteiger partial charge in [-0.1, -0.05) is 18.2 Å². The number of hydrogen-bond acceptors (Lipinski definition) is 0.